The lowest BCUT2D eigenvalue weighted by Crippen LogP contribution is -2.30. The van der Waals surface area contributed by atoms with Crippen molar-refractivity contribution >= 4 is 44.8 Å². The van der Waals surface area contributed by atoms with Crippen molar-refractivity contribution in [2.24, 2.45) is 0 Å². The van der Waals surface area contributed by atoms with Crippen LogP contribution >= 0.6 is 0 Å². The number of methoxy groups -OCH3 is 1. The summed E-state index contributed by atoms with van der Waals surface area (Å²) in [7, 11) is -2.08. The van der Waals surface area contributed by atoms with E-state index in [2.05, 4.69) is 30.6 Å². The number of hydrogen-bond donors (Lipinski definition) is 4. The van der Waals surface area contributed by atoms with Crippen molar-refractivity contribution in [1.29, 1.82) is 0 Å². The highest BCUT2D eigenvalue weighted by molar-refractivity contribution is 7.92. The number of rotatable bonds is 9. The third-order valence-electron chi connectivity index (χ3n) is 4.35. The van der Waals surface area contributed by atoms with Gasteiger partial charge in [0.2, 0.25) is 16.0 Å². The highest BCUT2D eigenvalue weighted by Gasteiger charge is 2.15. The number of amides is 1. The summed E-state index contributed by atoms with van der Waals surface area (Å²) in [6, 6.07) is 11.2. The Morgan fingerprint density at radius 2 is 1.76 bits per heavy atom. The summed E-state index contributed by atoms with van der Waals surface area (Å²) in [4.78, 5) is 20.5. The Kier molecular flexibility index (Phi) is 7.51. The number of anilines is 5. The molecule has 10 nitrogen and oxygen atoms in total. The number of sulfonamides is 1. The Morgan fingerprint density at radius 3 is 2.41 bits per heavy atom. The van der Waals surface area contributed by atoms with Crippen LogP contribution in [0.4, 0.5) is 33.2 Å². The van der Waals surface area contributed by atoms with Gasteiger partial charge < -0.3 is 20.7 Å². The molecular weight excluding hydrogens is 463 g/mol. The molecule has 180 valence electrons. The van der Waals surface area contributed by atoms with Gasteiger partial charge in [-0.1, -0.05) is 12.1 Å². The van der Waals surface area contributed by atoms with Crippen LogP contribution in [0.2, 0.25) is 0 Å². The highest BCUT2D eigenvalue weighted by atomic mass is 32.2. The average molecular weight is 489 g/mol. The SMILES string of the molecule is COc1ccc(C(=O)NC(C)C)cc1Nc1ncc(F)c(Nc2ccccc2NS(C)(=O)=O)n1. The lowest BCUT2D eigenvalue weighted by atomic mass is 10.1. The summed E-state index contributed by atoms with van der Waals surface area (Å²) in [5, 5.41) is 8.52. The van der Waals surface area contributed by atoms with Crippen molar-refractivity contribution < 1.29 is 22.3 Å². The van der Waals surface area contributed by atoms with Crippen molar-refractivity contribution in [3.05, 3.63) is 60.0 Å². The number of carbonyl (C=O) groups is 1. The van der Waals surface area contributed by atoms with Crippen LogP contribution in [0.15, 0.2) is 48.7 Å². The van der Waals surface area contributed by atoms with E-state index in [1.54, 1.807) is 36.4 Å². The fraction of sp³-hybridized carbons (Fsp3) is 0.227. The molecular formula is C22H25FN6O4S. The summed E-state index contributed by atoms with van der Waals surface area (Å²) < 4.78 is 45.4. The van der Waals surface area contributed by atoms with Gasteiger partial charge in [-0.15, -0.1) is 0 Å². The van der Waals surface area contributed by atoms with Crippen LogP contribution in [0, 0.1) is 5.82 Å². The molecule has 1 aromatic heterocycles. The third kappa shape index (κ3) is 6.54. The normalized spacial score (nSPS) is 11.1. The monoisotopic (exact) mass is 488 g/mol. The summed E-state index contributed by atoms with van der Waals surface area (Å²) in [6.07, 6.45) is 1.98. The summed E-state index contributed by atoms with van der Waals surface area (Å²) in [6.45, 7) is 3.70. The molecule has 0 aliphatic rings. The first-order valence-corrected chi connectivity index (χ1v) is 12.1. The van der Waals surface area contributed by atoms with Gasteiger partial charge in [-0.05, 0) is 44.2 Å². The first kappa shape index (κ1) is 24.7. The molecule has 4 N–H and O–H groups in total. The van der Waals surface area contributed by atoms with Crippen molar-refractivity contribution in [2.75, 3.05) is 28.7 Å². The first-order valence-electron chi connectivity index (χ1n) is 10.2. The van der Waals surface area contributed by atoms with Crippen molar-refractivity contribution in [1.82, 2.24) is 15.3 Å². The largest absolute Gasteiger partial charge is 0.495 e. The Morgan fingerprint density at radius 1 is 1.06 bits per heavy atom. The molecule has 34 heavy (non-hydrogen) atoms. The van der Waals surface area contributed by atoms with Crippen LogP contribution in [0.3, 0.4) is 0 Å². The van der Waals surface area contributed by atoms with Crippen LogP contribution in [0.5, 0.6) is 5.75 Å². The second-order valence-corrected chi connectivity index (χ2v) is 9.35. The molecule has 0 radical (unpaired) electrons. The molecule has 3 aromatic rings. The van der Waals surface area contributed by atoms with E-state index in [0.29, 0.717) is 22.7 Å². The zero-order valence-corrected chi connectivity index (χ0v) is 19.8. The molecule has 1 amide bonds. The van der Waals surface area contributed by atoms with Crippen LogP contribution in [-0.2, 0) is 10.0 Å². The summed E-state index contributed by atoms with van der Waals surface area (Å²) >= 11 is 0. The molecule has 0 unspecified atom stereocenters. The molecule has 0 spiro atoms. The van der Waals surface area contributed by atoms with Crippen LogP contribution < -0.4 is 25.4 Å². The lowest BCUT2D eigenvalue weighted by molar-refractivity contribution is 0.0943. The minimum atomic E-state index is -3.55. The predicted octanol–water partition coefficient (Wildman–Crippen LogP) is 3.62. The second-order valence-electron chi connectivity index (χ2n) is 7.60. The van der Waals surface area contributed by atoms with Gasteiger partial charge in [-0.3, -0.25) is 9.52 Å². The fourth-order valence-electron chi connectivity index (χ4n) is 2.94. The van der Waals surface area contributed by atoms with Crippen molar-refractivity contribution in [3.63, 3.8) is 0 Å². The second kappa shape index (κ2) is 10.3. The van der Waals surface area contributed by atoms with Gasteiger partial charge in [0.1, 0.15) is 5.75 Å². The van der Waals surface area contributed by atoms with E-state index in [1.165, 1.54) is 13.2 Å². The number of halogens is 1. The van der Waals surface area contributed by atoms with Crippen LogP contribution in [0.1, 0.15) is 24.2 Å². The average Bonchev–Trinajstić information content (AvgIpc) is 2.76. The Hall–Kier alpha value is -3.93. The Balaban J connectivity index is 1.90. The molecule has 0 bridgehead atoms. The minimum absolute atomic E-state index is 0.0252. The molecule has 0 aliphatic carbocycles. The molecule has 1 heterocycles. The maximum absolute atomic E-state index is 14.5. The molecule has 12 heteroatoms. The summed E-state index contributed by atoms with van der Waals surface area (Å²) in [5.41, 5.74) is 1.30. The fourth-order valence-corrected chi connectivity index (χ4v) is 3.51. The van der Waals surface area contributed by atoms with Crippen LogP contribution in [0.25, 0.3) is 0 Å². The highest BCUT2D eigenvalue weighted by Crippen LogP contribution is 2.30. The number of ether oxygens (including phenoxy) is 1. The molecule has 0 fully saturated rings. The standard InChI is InChI=1S/C22H25FN6O4S/c1-13(2)25-21(30)14-9-10-19(33-3)18(11-14)27-22-24-12-15(23)20(28-22)26-16-7-5-6-8-17(16)29-34(4,31)32/h5-13,29H,1-4H3,(H,25,30)(H2,24,26,27,28). The van der Waals surface area contributed by atoms with Gasteiger partial charge >= 0.3 is 0 Å². The van der Waals surface area contributed by atoms with E-state index < -0.39 is 15.8 Å². The number of nitrogens with zero attached hydrogens (tertiary/aromatic N) is 2. The molecule has 0 saturated carbocycles. The van der Waals surface area contributed by atoms with E-state index in [4.69, 9.17) is 4.74 Å². The topological polar surface area (TPSA) is 134 Å². The predicted molar refractivity (Wildman–Crippen MR) is 129 cm³/mol. The van der Waals surface area contributed by atoms with Crippen LogP contribution in [-0.4, -0.2) is 43.7 Å². The lowest BCUT2D eigenvalue weighted by Gasteiger charge is -2.15. The Labute approximate surface area is 197 Å². The number of hydrogen-bond acceptors (Lipinski definition) is 8. The quantitative estimate of drug-likeness (QED) is 0.359. The number of nitrogens with one attached hydrogen (secondary N) is 4. The Bertz CT molecular complexity index is 1300. The third-order valence-corrected chi connectivity index (χ3v) is 4.94. The molecule has 0 aliphatic heterocycles. The number of benzene rings is 2. The van der Waals surface area contributed by atoms with E-state index in [0.717, 1.165) is 12.5 Å². The van der Waals surface area contributed by atoms with Gasteiger partial charge in [-0.2, -0.15) is 4.98 Å². The molecule has 0 saturated heterocycles. The number of aromatic nitrogens is 2. The molecule has 3 rings (SSSR count). The minimum Gasteiger partial charge on any atom is -0.495 e. The van der Waals surface area contributed by atoms with E-state index in [1.807, 2.05) is 13.8 Å². The van der Waals surface area contributed by atoms with E-state index in [-0.39, 0.29) is 29.4 Å². The summed E-state index contributed by atoms with van der Waals surface area (Å²) in [5.74, 6) is -0.758. The smallest absolute Gasteiger partial charge is 0.251 e. The van der Waals surface area contributed by atoms with Gasteiger partial charge in [0.15, 0.2) is 11.6 Å². The van der Waals surface area contributed by atoms with E-state index >= 15 is 0 Å². The van der Waals surface area contributed by atoms with E-state index in [9.17, 15) is 17.6 Å². The number of carbonyl (C=O) groups excluding carboxylic acids is 1. The first-order chi connectivity index (χ1) is 16.1. The van der Waals surface area contributed by atoms with Crippen molar-refractivity contribution in [3.8, 4) is 5.75 Å². The molecule has 2 aromatic carbocycles. The van der Waals surface area contributed by atoms with Gasteiger partial charge in [0.05, 0.1) is 36.6 Å². The maximum Gasteiger partial charge on any atom is 0.251 e. The zero-order valence-electron chi connectivity index (χ0n) is 19.0. The molecule has 0 atom stereocenters. The number of para-hydroxylation sites is 2. The maximum atomic E-state index is 14.5. The van der Waals surface area contributed by atoms with Crippen molar-refractivity contribution in [2.45, 2.75) is 19.9 Å². The van der Waals surface area contributed by atoms with Gasteiger partial charge in [-0.25, -0.2) is 17.8 Å². The van der Waals surface area contributed by atoms with Gasteiger partial charge in [0.25, 0.3) is 5.91 Å². The zero-order chi connectivity index (χ0) is 24.9. The van der Waals surface area contributed by atoms with Gasteiger partial charge in [0, 0.05) is 11.6 Å².